The van der Waals surface area contributed by atoms with E-state index in [-0.39, 0.29) is 11.7 Å². The zero-order valence-corrected chi connectivity index (χ0v) is 13.9. The maximum Gasteiger partial charge on any atom is 0.252 e. The predicted octanol–water partition coefficient (Wildman–Crippen LogP) is 3.63. The first-order chi connectivity index (χ1) is 11.6. The standard InChI is InChI=1S/C18H16FN3OS/c1-12-22-16(11-24-12)7-8-20-18(23)14-5-6-17(21-10-14)13-3-2-4-15(19)9-13/h2-6,9-11H,7-8H2,1H3,(H,20,23). The van der Waals surface area contributed by atoms with E-state index < -0.39 is 0 Å². The van der Waals surface area contributed by atoms with Crippen molar-refractivity contribution in [2.75, 3.05) is 6.54 Å². The Labute approximate surface area is 143 Å². The zero-order valence-electron chi connectivity index (χ0n) is 13.1. The smallest absolute Gasteiger partial charge is 0.252 e. The Kier molecular flexibility index (Phi) is 4.96. The fourth-order valence-corrected chi connectivity index (χ4v) is 2.92. The van der Waals surface area contributed by atoms with Crippen LogP contribution in [0.1, 0.15) is 21.1 Å². The summed E-state index contributed by atoms with van der Waals surface area (Å²) in [4.78, 5) is 20.7. The summed E-state index contributed by atoms with van der Waals surface area (Å²) in [7, 11) is 0. The highest BCUT2D eigenvalue weighted by atomic mass is 32.1. The SMILES string of the molecule is Cc1nc(CCNC(=O)c2ccc(-c3cccc(F)c3)nc2)cs1. The van der Waals surface area contributed by atoms with Crippen molar-refractivity contribution in [3.63, 3.8) is 0 Å². The molecule has 0 bridgehead atoms. The number of thiazole rings is 1. The van der Waals surface area contributed by atoms with Crippen LogP contribution in [0, 0.1) is 12.7 Å². The Morgan fingerprint density at radius 3 is 2.83 bits per heavy atom. The Morgan fingerprint density at radius 1 is 1.29 bits per heavy atom. The minimum Gasteiger partial charge on any atom is -0.352 e. The molecule has 0 aliphatic heterocycles. The van der Waals surface area contributed by atoms with Gasteiger partial charge in [-0.25, -0.2) is 9.37 Å². The molecule has 3 aromatic rings. The Hall–Kier alpha value is -2.60. The maximum absolute atomic E-state index is 13.2. The molecule has 0 fully saturated rings. The molecule has 0 atom stereocenters. The van der Waals surface area contributed by atoms with Gasteiger partial charge in [0, 0.05) is 30.1 Å². The third-order valence-electron chi connectivity index (χ3n) is 3.48. The molecule has 0 unspecified atom stereocenters. The number of aryl methyl sites for hydroxylation is 1. The fourth-order valence-electron chi connectivity index (χ4n) is 2.28. The average Bonchev–Trinajstić information content (AvgIpc) is 3.00. The summed E-state index contributed by atoms with van der Waals surface area (Å²) >= 11 is 1.60. The Balaban J connectivity index is 1.59. The number of halogens is 1. The number of hydrogen-bond donors (Lipinski definition) is 1. The van der Waals surface area contributed by atoms with E-state index in [4.69, 9.17) is 0 Å². The number of nitrogens with one attached hydrogen (secondary N) is 1. The lowest BCUT2D eigenvalue weighted by molar-refractivity contribution is 0.0953. The van der Waals surface area contributed by atoms with E-state index in [1.54, 1.807) is 35.6 Å². The van der Waals surface area contributed by atoms with Gasteiger partial charge in [-0.15, -0.1) is 11.3 Å². The van der Waals surface area contributed by atoms with Gasteiger partial charge in [-0.2, -0.15) is 0 Å². The summed E-state index contributed by atoms with van der Waals surface area (Å²) in [5.41, 5.74) is 2.77. The van der Waals surface area contributed by atoms with E-state index in [9.17, 15) is 9.18 Å². The van der Waals surface area contributed by atoms with Crippen molar-refractivity contribution in [3.8, 4) is 11.3 Å². The van der Waals surface area contributed by atoms with Gasteiger partial charge in [-0.05, 0) is 31.2 Å². The summed E-state index contributed by atoms with van der Waals surface area (Å²) in [6, 6.07) is 9.62. The molecule has 24 heavy (non-hydrogen) atoms. The predicted molar refractivity (Wildman–Crippen MR) is 92.5 cm³/mol. The van der Waals surface area contributed by atoms with Gasteiger partial charge in [0.15, 0.2) is 0 Å². The molecule has 0 aliphatic carbocycles. The molecule has 1 aromatic carbocycles. The summed E-state index contributed by atoms with van der Waals surface area (Å²) in [5.74, 6) is -0.492. The first kappa shape index (κ1) is 16.3. The Morgan fingerprint density at radius 2 is 2.17 bits per heavy atom. The van der Waals surface area contributed by atoms with Crippen LogP contribution in [0.15, 0.2) is 48.0 Å². The molecular weight excluding hydrogens is 325 g/mol. The monoisotopic (exact) mass is 341 g/mol. The lowest BCUT2D eigenvalue weighted by Crippen LogP contribution is -2.25. The van der Waals surface area contributed by atoms with Crippen molar-refractivity contribution in [1.82, 2.24) is 15.3 Å². The van der Waals surface area contributed by atoms with Gasteiger partial charge in [0.05, 0.1) is 22.0 Å². The largest absolute Gasteiger partial charge is 0.352 e. The van der Waals surface area contributed by atoms with Crippen LogP contribution < -0.4 is 5.32 Å². The molecule has 3 rings (SSSR count). The molecule has 0 saturated carbocycles. The van der Waals surface area contributed by atoms with Gasteiger partial charge in [0.1, 0.15) is 5.82 Å². The van der Waals surface area contributed by atoms with Crippen molar-refractivity contribution in [1.29, 1.82) is 0 Å². The number of carbonyl (C=O) groups is 1. The highest BCUT2D eigenvalue weighted by molar-refractivity contribution is 7.09. The summed E-state index contributed by atoms with van der Waals surface area (Å²) in [6.07, 6.45) is 2.20. The molecule has 0 radical (unpaired) electrons. The van der Waals surface area contributed by atoms with E-state index in [1.807, 2.05) is 12.3 Å². The number of pyridine rings is 1. The van der Waals surface area contributed by atoms with Crippen LogP contribution in [-0.4, -0.2) is 22.4 Å². The van der Waals surface area contributed by atoms with Crippen LogP contribution in [0.25, 0.3) is 11.3 Å². The zero-order chi connectivity index (χ0) is 16.9. The molecule has 6 heteroatoms. The van der Waals surface area contributed by atoms with Gasteiger partial charge in [-0.3, -0.25) is 9.78 Å². The van der Waals surface area contributed by atoms with Gasteiger partial charge in [0.25, 0.3) is 5.91 Å². The molecule has 1 amide bonds. The van der Waals surface area contributed by atoms with E-state index >= 15 is 0 Å². The van der Waals surface area contributed by atoms with E-state index in [0.717, 1.165) is 10.7 Å². The van der Waals surface area contributed by atoms with Crippen LogP contribution in [0.5, 0.6) is 0 Å². The number of rotatable bonds is 5. The molecule has 4 nitrogen and oxygen atoms in total. The van der Waals surface area contributed by atoms with Crippen molar-refractivity contribution >= 4 is 17.2 Å². The van der Waals surface area contributed by atoms with Gasteiger partial charge >= 0.3 is 0 Å². The summed E-state index contributed by atoms with van der Waals surface area (Å²) < 4.78 is 13.2. The molecule has 0 aliphatic rings. The van der Waals surface area contributed by atoms with Gasteiger partial charge < -0.3 is 5.32 Å². The minimum absolute atomic E-state index is 0.180. The lowest BCUT2D eigenvalue weighted by atomic mass is 10.1. The molecule has 2 heterocycles. The highest BCUT2D eigenvalue weighted by Gasteiger charge is 2.07. The topological polar surface area (TPSA) is 54.9 Å². The first-order valence-corrected chi connectivity index (χ1v) is 8.41. The van der Waals surface area contributed by atoms with Crippen LogP contribution in [0.2, 0.25) is 0 Å². The van der Waals surface area contributed by atoms with E-state index in [0.29, 0.717) is 29.8 Å². The van der Waals surface area contributed by atoms with Gasteiger partial charge in [0.2, 0.25) is 0 Å². The molecule has 0 saturated heterocycles. The second kappa shape index (κ2) is 7.31. The third-order valence-corrected chi connectivity index (χ3v) is 4.30. The number of hydrogen-bond acceptors (Lipinski definition) is 4. The van der Waals surface area contributed by atoms with Crippen LogP contribution in [0.3, 0.4) is 0 Å². The number of carbonyl (C=O) groups excluding carboxylic acids is 1. The molecule has 122 valence electrons. The fraction of sp³-hybridized carbons (Fsp3) is 0.167. The second-order valence-electron chi connectivity index (χ2n) is 5.31. The number of benzene rings is 1. The number of nitrogens with zero attached hydrogens (tertiary/aromatic N) is 2. The van der Waals surface area contributed by atoms with Crippen molar-refractivity contribution in [2.45, 2.75) is 13.3 Å². The van der Waals surface area contributed by atoms with Crippen LogP contribution in [-0.2, 0) is 6.42 Å². The number of amides is 1. The van der Waals surface area contributed by atoms with Crippen molar-refractivity contribution in [2.24, 2.45) is 0 Å². The normalized spacial score (nSPS) is 10.6. The third kappa shape index (κ3) is 4.02. The summed E-state index contributed by atoms with van der Waals surface area (Å²) in [6.45, 7) is 2.48. The van der Waals surface area contributed by atoms with E-state index in [1.165, 1.54) is 18.3 Å². The second-order valence-corrected chi connectivity index (χ2v) is 6.37. The average molecular weight is 341 g/mol. The first-order valence-electron chi connectivity index (χ1n) is 7.53. The van der Waals surface area contributed by atoms with Gasteiger partial charge in [-0.1, -0.05) is 12.1 Å². The quantitative estimate of drug-likeness (QED) is 0.771. The molecular formula is C18H16FN3OS. The van der Waals surface area contributed by atoms with Crippen molar-refractivity contribution < 1.29 is 9.18 Å². The Bertz CT molecular complexity index is 845. The van der Waals surface area contributed by atoms with Crippen LogP contribution >= 0.6 is 11.3 Å². The molecule has 0 spiro atoms. The molecule has 1 N–H and O–H groups in total. The molecule has 2 aromatic heterocycles. The van der Waals surface area contributed by atoms with E-state index in [2.05, 4.69) is 15.3 Å². The van der Waals surface area contributed by atoms with Crippen LogP contribution in [0.4, 0.5) is 4.39 Å². The highest BCUT2D eigenvalue weighted by Crippen LogP contribution is 2.18. The van der Waals surface area contributed by atoms with Crippen molar-refractivity contribution in [3.05, 3.63) is 70.1 Å². The summed E-state index contributed by atoms with van der Waals surface area (Å²) in [5, 5.41) is 5.87. The minimum atomic E-state index is -0.312. The lowest BCUT2D eigenvalue weighted by Gasteiger charge is -2.05. The number of aromatic nitrogens is 2. The maximum atomic E-state index is 13.2.